The van der Waals surface area contributed by atoms with Gasteiger partial charge in [0, 0.05) is 52.4 Å². The second-order valence-corrected chi connectivity index (χ2v) is 7.45. The van der Waals surface area contributed by atoms with Crippen LogP contribution in [0.5, 0.6) is 0 Å². The molecule has 0 amide bonds. The molecule has 29 heavy (non-hydrogen) atoms. The fourth-order valence-corrected chi connectivity index (χ4v) is 3.62. The molecular weight excluding hydrogens is 380 g/mol. The standard InChI is InChI=1S/C19H36N4O6/c1-3-5-16(19(28)29)23-12-10-20(4-2)6-7-21(14-17(24)25)8-9-22(11-13-23)15-18(26)27/h16H,3-15H2,1-2H3,(H,24,25)(H,26,27)(H,28,29). The van der Waals surface area contributed by atoms with Gasteiger partial charge in [-0.2, -0.15) is 0 Å². The van der Waals surface area contributed by atoms with Gasteiger partial charge in [-0.25, -0.2) is 0 Å². The molecule has 10 heteroatoms. The summed E-state index contributed by atoms with van der Waals surface area (Å²) in [4.78, 5) is 41.9. The van der Waals surface area contributed by atoms with Crippen LogP contribution in [0.3, 0.4) is 0 Å². The molecular formula is C19H36N4O6. The van der Waals surface area contributed by atoms with Crippen LogP contribution in [0.1, 0.15) is 26.7 Å². The van der Waals surface area contributed by atoms with Crippen LogP contribution in [-0.2, 0) is 14.4 Å². The summed E-state index contributed by atoms with van der Waals surface area (Å²) in [6.07, 6.45) is 1.31. The molecule has 0 aromatic rings. The minimum absolute atomic E-state index is 0.0812. The number of carboxylic acids is 3. The molecule has 1 saturated heterocycles. The maximum atomic E-state index is 11.8. The van der Waals surface area contributed by atoms with E-state index in [0.29, 0.717) is 58.8 Å². The number of carboxylic acid groups (broad SMARTS) is 3. The van der Waals surface area contributed by atoms with Crippen LogP contribution >= 0.6 is 0 Å². The third-order valence-electron chi connectivity index (χ3n) is 5.32. The van der Waals surface area contributed by atoms with Gasteiger partial charge in [0.05, 0.1) is 13.1 Å². The van der Waals surface area contributed by atoms with Crippen molar-refractivity contribution in [2.45, 2.75) is 32.7 Å². The largest absolute Gasteiger partial charge is 0.480 e. The Hall–Kier alpha value is -1.75. The van der Waals surface area contributed by atoms with Crippen molar-refractivity contribution in [3.05, 3.63) is 0 Å². The highest BCUT2D eigenvalue weighted by Crippen LogP contribution is 2.10. The summed E-state index contributed by atoms with van der Waals surface area (Å²) in [6.45, 7) is 8.82. The lowest BCUT2D eigenvalue weighted by molar-refractivity contribution is -0.144. The number of hydrogen-bond donors (Lipinski definition) is 3. The third kappa shape index (κ3) is 10.0. The average molecular weight is 417 g/mol. The quantitative estimate of drug-likeness (QED) is 0.459. The molecule has 3 N–H and O–H groups in total. The zero-order chi connectivity index (χ0) is 21.8. The highest BCUT2D eigenvalue weighted by Gasteiger charge is 2.26. The second kappa shape index (κ2) is 13.5. The van der Waals surface area contributed by atoms with Crippen LogP contribution < -0.4 is 0 Å². The zero-order valence-corrected chi connectivity index (χ0v) is 17.6. The molecule has 0 saturated carbocycles. The molecule has 1 fully saturated rings. The van der Waals surface area contributed by atoms with Crippen LogP contribution in [0.2, 0.25) is 0 Å². The molecule has 168 valence electrons. The SMILES string of the molecule is CCCC(C(=O)O)N1CCN(CC)CCN(CC(=O)O)CCN(CC(=O)O)CC1. The predicted octanol–water partition coefficient (Wildman–Crippen LogP) is -0.350. The van der Waals surface area contributed by atoms with Crippen LogP contribution in [0.25, 0.3) is 0 Å². The number of likely N-dealkylation sites (N-methyl/N-ethyl adjacent to an activating group) is 1. The number of nitrogens with zero attached hydrogens (tertiary/aromatic N) is 4. The van der Waals surface area contributed by atoms with Crippen molar-refractivity contribution < 1.29 is 29.7 Å². The first-order valence-corrected chi connectivity index (χ1v) is 10.3. The van der Waals surface area contributed by atoms with Gasteiger partial charge in [-0.05, 0) is 13.0 Å². The summed E-state index contributed by atoms with van der Waals surface area (Å²) < 4.78 is 0. The van der Waals surface area contributed by atoms with E-state index in [0.717, 1.165) is 13.0 Å². The van der Waals surface area contributed by atoms with E-state index >= 15 is 0 Å². The van der Waals surface area contributed by atoms with E-state index in [2.05, 4.69) is 4.90 Å². The van der Waals surface area contributed by atoms with Gasteiger partial charge in [-0.15, -0.1) is 0 Å². The van der Waals surface area contributed by atoms with E-state index < -0.39 is 23.9 Å². The molecule has 0 spiro atoms. The smallest absolute Gasteiger partial charge is 0.320 e. The lowest BCUT2D eigenvalue weighted by atomic mass is 10.1. The van der Waals surface area contributed by atoms with E-state index in [9.17, 15) is 24.6 Å². The summed E-state index contributed by atoms with van der Waals surface area (Å²) in [6, 6.07) is -0.586. The normalized spacial score (nSPS) is 20.5. The van der Waals surface area contributed by atoms with E-state index in [1.54, 1.807) is 4.90 Å². The molecule has 0 bridgehead atoms. The Kier molecular flexibility index (Phi) is 11.7. The Balaban J connectivity index is 2.97. The van der Waals surface area contributed by atoms with Crippen molar-refractivity contribution in [3.8, 4) is 0 Å². The van der Waals surface area contributed by atoms with Crippen molar-refractivity contribution in [1.82, 2.24) is 19.6 Å². The van der Waals surface area contributed by atoms with Gasteiger partial charge >= 0.3 is 17.9 Å². The second-order valence-electron chi connectivity index (χ2n) is 7.45. The van der Waals surface area contributed by atoms with Crippen molar-refractivity contribution in [2.75, 3.05) is 72.0 Å². The van der Waals surface area contributed by atoms with Gasteiger partial charge in [0.15, 0.2) is 0 Å². The van der Waals surface area contributed by atoms with Gasteiger partial charge in [-0.3, -0.25) is 29.1 Å². The molecule has 0 aromatic heterocycles. The number of carbonyl (C=O) groups is 3. The fraction of sp³-hybridized carbons (Fsp3) is 0.842. The summed E-state index contributed by atoms with van der Waals surface area (Å²) >= 11 is 0. The molecule has 1 aliphatic rings. The minimum atomic E-state index is -0.950. The van der Waals surface area contributed by atoms with Crippen molar-refractivity contribution >= 4 is 17.9 Å². The third-order valence-corrected chi connectivity index (χ3v) is 5.32. The molecule has 1 atom stereocenters. The van der Waals surface area contributed by atoms with Crippen LogP contribution in [0, 0.1) is 0 Å². The Morgan fingerprint density at radius 2 is 1.14 bits per heavy atom. The number of rotatable bonds is 9. The summed E-state index contributed by atoms with van der Waals surface area (Å²) in [5.41, 5.74) is 0. The molecule has 0 aromatic carbocycles. The fourth-order valence-electron chi connectivity index (χ4n) is 3.62. The average Bonchev–Trinajstić information content (AvgIpc) is 2.63. The van der Waals surface area contributed by atoms with E-state index in [1.165, 1.54) is 0 Å². The maximum absolute atomic E-state index is 11.8. The Morgan fingerprint density at radius 3 is 1.52 bits per heavy atom. The summed E-state index contributed by atoms with van der Waals surface area (Å²) in [7, 11) is 0. The molecule has 0 aliphatic carbocycles. The highest BCUT2D eigenvalue weighted by atomic mass is 16.4. The Bertz CT molecular complexity index is 533. The molecule has 0 radical (unpaired) electrons. The monoisotopic (exact) mass is 416 g/mol. The van der Waals surface area contributed by atoms with Gasteiger partial charge in [-0.1, -0.05) is 20.3 Å². The Labute approximate surface area is 172 Å². The van der Waals surface area contributed by atoms with Crippen LogP contribution in [0.15, 0.2) is 0 Å². The van der Waals surface area contributed by atoms with Crippen molar-refractivity contribution in [3.63, 3.8) is 0 Å². The van der Waals surface area contributed by atoms with Gasteiger partial charge in [0.1, 0.15) is 6.04 Å². The lowest BCUT2D eigenvalue weighted by Gasteiger charge is -2.35. The summed E-state index contributed by atoms with van der Waals surface area (Å²) in [5.74, 6) is -2.70. The topological polar surface area (TPSA) is 125 Å². The first-order chi connectivity index (χ1) is 13.8. The molecule has 1 aliphatic heterocycles. The van der Waals surface area contributed by atoms with Gasteiger partial charge < -0.3 is 20.2 Å². The maximum Gasteiger partial charge on any atom is 0.320 e. The predicted molar refractivity (Wildman–Crippen MR) is 108 cm³/mol. The van der Waals surface area contributed by atoms with E-state index in [-0.39, 0.29) is 13.1 Å². The molecule has 1 heterocycles. The number of aliphatic carboxylic acids is 3. The Morgan fingerprint density at radius 1 is 0.724 bits per heavy atom. The van der Waals surface area contributed by atoms with E-state index in [1.807, 2.05) is 23.6 Å². The summed E-state index contributed by atoms with van der Waals surface area (Å²) in [5, 5.41) is 28.1. The van der Waals surface area contributed by atoms with E-state index in [4.69, 9.17) is 5.11 Å². The van der Waals surface area contributed by atoms with Gasteiger partial charge in [0.25, 0.3) is 0 Å². The van der Waals surface area contributed by atoms with Crippen LogP contribution in [0.4, 0.5) is 0 Å². The first kappa shape index (κ1) is 25.3. The first-order valence-electron chi connectivity index (χ1n) is 10.3. The van der Waals surface area contributed by atoms with Gasteiger partial charge in [0.2, 0.25) is 0 Å². The van der Waals surface area contributed by atoms with Crippen molar-refractivity contribution in [1.29, 1.82) is 0 Å². The molecule has 1 unspecified atom stereocenters. The van der Waals surface area contributed by atoms with Crippen LogP contribution in [-0.4, -0.2) is 131 Å². The minimum Gasteiger partial charge on any atom is -0.480 e. The van der Waals surface area contributed by atoms with Crippen molar-refractivity contribution in [2.24, 2.45) is 0 Å². The lowest BCUT2D eigenvalue weighted by Crippen LogP contribution is -2.51. The number of hydrogen-bond acceptors (Lipinski definition) is 7. The zero-order valence-electron chi connectivity index (χ0n) is 17.6. The molecule has 10 nitrogen and oxygen atoms in total. The highest BCUT2D eigenvalue weighted by molar-refractivity contribution is 5.73. The molecule has 1 rings (SSSR count).